The van der Waals surface area contributed by atoms with Crippen molar-refractivity contribution in [3.05, 3.63) is 45.7 Å². The summed E-state index contributed by atoms with van der Waals surface area (Å²) in [7, 11) is 0. The van der Waals surface area contributed by atoms with Crippen LogP contribution >= 0.6 is 23.2 Å². The standard InChI is InChI=1S/C18H20Cl2FN5O/c19-11-6-5-9(7-12(11)20)24-17-10(16(23)27)8-13(21)18(26-17)25-15-4-2-1-3-14(15)22/h5-8,14-15H,1-4,22H2,(H2,23,27)(H2,24,25,26)/t14-,15?/m0/s1. The van der Waals surface area contributed by atoms with Crippen molar-refractivity contribution < 1.29 is 9.18 Å². The lowest BCUT2D eigenvalue weighted by Gasteiger charge is -2.30. The number of carbonyl (C=O) groups is 1. The Labute approximate surface area is 166 Å². The number of nitrogens with one attached hydrogen (secondary N) is 2. The molecule has 0 spiro atoms. The number of pyridine rings is 1. The van der Waals surface area contributed by atoms with E-state index in [1.54, 1.807) is 18.2 Å². The van der Waals surface area contributed by atoms with Crippen LogP contribution in [0.15, 0.2) is 24.3 Å². The molecule has 1 aromatic carbocycles. The Morgan fingerprint density at radius 2 is 1.89 bits per heavy atom. The molecule has 1 aliphatic carbocycles. The summed E-state index contributed by atoms with van der Waals surface area (Å²) < 4.78 is 14.5. The zero-order chi connectivity index (χ0) is 19.6. The molecule has 0 aliphatic heterocycles. The molecule has 1 aliphatic rings. The fourth-order valence-electron chi connectivity index (χ4n) is 3.10. The third-order valence-electron chi connectivity index (χ3n) is 4.57. The number of rotatable bonds is 5. The smallest absolute Gasteiger partial charge is 0.252 e. The van der Waals surface area contributed by atoms with Crippen molar-refractivity contribution in [3.63, 3.8) is 0 Å². The molecule has 144 valence electrons. The molecule has 1 heterocycles. The first-order chi connectivity index (χ1) is 12.8. The molecule has 3 rings (SSSR count). The second kappa shape index (κ2) is 8.29. The van der Waals surface area contributed by atoms with Crippen LogP contribution in [0, 0.1) is 5.82 Å². The fraction of sp³-hybridized carbons (Fsp3) is 0.333. The maximum Gasteiger partial charge on any atom is 0.252 e. The minimum absolute atomic E-state index is 0.0184. The molecule has 1 saturated carbocycles. The summed E-state index contributed by atoms with van der Waals surface area (Å²) in [5, 5.41) is 6.72. The van der Waals surface area contributed by atoms with Crippen LogP contribution in [0.4, 0.5) is 21.7 Å². The van der Waals surface area contributed by atoms with Gasteiger partial charge < -0.3 is 22.1 Å². The number of benzene rings is 1. The van der Waals surface area contributed by atoms with Gasteiger partial charge in [-0.2, -0.15) is 0 Å². The molecular weight excluding hydrogens is 392 g/mol. The van der Waals surface area contributed by atoms with Crippen LogP contribution in [0.3, 0.4) is 0 Å². The molecule has 1 fully saturated rings. The molecule has 2 atom stereocenters. The van der Waals surface area contributed by atoms with E-state index in [1.165, 1.54) is 0 Å². The Bertz CT molecular complexity index is 864. The largest absolute Gasteiger partial charge is 0.365 e. The van der Waals surface area contributed by atoms with E-state index in [0.29, 0.717) is 15.7 Å². The summed E-state index contributed by atoms with van der Waals surface area (Å²) in [4.78, 5) is 16.0. The zero-order valence-corrected chi connectivity index (χ0v) is 15.9. The average Bonchev–Trinajstić information content (AvgIpc) is 2.62. The van der Waals surface area contributed by atoms with E-state index < -0.39 is 11.7 Å². The third-order valence-corrected chi connectivity index (χ3v) is 5.30. The van der Waals surface area contributed by atoms with E-state index in [-0.39, 0.29) is 29.3 Å². The maximum atomic E-state index is 14.5. The SMILES string of the molecule is NC(=O)c1cc(F)c(NC2CCCC[C@@H]2N)nc1Nc1ccc(Cl)c(Cl)c1. The Morgan fingerprint density at radius 1 is 1.15 bits per heavy atom. The van der Waals surface area contributed by atoms with Crippen molar-refractivity contribution in [2.45, 2.75) is 37.8 Å². The predicted molar refractivity (Wildman–Crippen MR) is 106 cm³/mol. The lowest BCUT2D eigenvalue weighted by Crippen LogP contribution is -2.43. The van der Waals surface area contributed by atoms with Crippen LogP contribution in [0.5, 0.6) is 0 Å². The highest BCUT2D eigenvalue weighted by atomic mass is 35.5. The molecule has 1 unspecified atom stereocenters. The number of hydrogen-bond donors (Lipinski definition) is 4. The van der Waals surface area contributed by atoms with Crippen LogP contribution in [0.1, 0.15) is 36.0 Å². The number of anilines is 3. The van der Waals surface area contributed by atoms with Gasteiger partial charge in [0.1, 0.15) is 5.82 Å². The number of nitrogens with two attached hydrogens (primary N) is 2. The van der Waals surface area contributed by atoms with Crippen LogP contribution in [0.2, 0.25) is 10.0 Å². The van der Waals surface area contributed by atoms with Gasteiger partial charge in [-0.1, -0.05) is 36.0 Å². The van der Waals surface area contributed by atoms with Crippen LogP contribution in [-0.2, 0) is 0 Å². The van der Waals surface area contributed by atoms with E-state index in [4.69, 9.17) is 34.7 Å². The van der Waals surface area contributed by atoms with Gasteiger partial charge in [0.05, 0.1) is 15.6 Å². The molecule has 2 aromatic rings. The number of aromatic nitrogens is 1. The van der Waals surface area contributed by atoms with Crippen LogP contribution in [0.25, 0.3) is 0 Å². The molecule has 1 aromatic heterocycles. The highest BCUT2D eigenvalue weighted by Gasteiger charge is 2.24. The van der Waals surface area contributed by atoms with Crippen LogP contribution in [-0.4, -0.2) is 23.0 Å². The normalized spacial score (nSPS) is 19.6. The topological polar surface area (TPSA) is 106 Å². The third kappa shape index (κ3) is 4.61. The Kier molecular flexibility index (Phi) is 6.04. The second-order valence-electron chi connectivity index (χ2n) is 6.53. The van der Waals surface area contributed by atoms with Gasteiger partial charge in [-0.05, 0) is 37.1 Å². The summed E-state index contributed by atoms with van der Waals surface area (Å²) in [5.41, 5.74) is 12.0. The number of amides is 1. The first-order valence-corrected chi connectivity index (χ1v) is 9.35. The van der Waals surface area contributed by atoms with E-state index >= 15 is 0 Å². The lowest BCUT2D eigenvalue weighted by molar-refractivity contribution is 0.100. The molecule has 1 amide bonds. The van der Waals surface area contributed by atoms with Gasteiger partial charge in [0, 0.05) is 17.8 Å². The number of halogens is 3. The summed E-state index contributed by atoms with van der Waals surface area (Å²) in [6.07, 6.45) is 3.77. The Balaban J connectivity index is 1.92. The summed E-state index contributed by atoms with van der Waals surface area (Å²) >= 11 is 11.9. The van der Waals surface area contributed by atoms with Crippen molar-refractivity contribution >= 4 is 46.4 Å². The van der Waals surface area contributed by atoms with Gasteiger partial charge in [-0.15, -0.1) is 0 Å². The number of nitrogens with zero attached hydrogens (tertiary/aromatic N) is 1. The number of primary amides is 1. The van der Waals surface area contributed by atoms with E-state index in [2.05, 4.69) is 15.6 Å². The first kappa shape index (κ1) is 19.7. The van der Waals surface area contributed by atoms with Crippen molar-refractivity contribution in [3.8, 4) is 0 Å². The van der Waals surface area contributed by atoms with Crippen molar-refractivity contribution in [2.75, 3.05) is 10.6 Å². The van der Waals surface area contributed by atoms with Crippen molar-refractivity contribution in [1.82, 2.24) is 4.98 Å². The monoisotopic (exact) mass is 411 g/mol. The minimum Gasteiger partial charge on any atom is -0.365 e. The van der Waals surface area contributed by atoms with E-state index in [1.807, 2.05) is 0 Å². The zero-order valence-electron chi connectivity index (χ0n) is 14.4. The number of carbonyl (C=O) groups excluding carboxylic acids is 1. The molecule has 9 heteroatoms. The summed E-state index contributed by atoms with van der Waals surface area (Å²) in [6, 6.07) is 5.73. The molecule has 6 N–H and O–H groups in total. The van der Waals surface area contributed by atoms with Crippen LogP contribution < -0.4 is 22.1 Å². The second-order valence-corrected chi connectivity index (χ2v) is 7.35. The lowest BCUT2D eigenvalue weighted by atomic mass is 9.91. The molecular formula is C18H20Cl2FN5O. The quantitative estimate of drug-likeness (QED) is 0.593. The van der Waals surface area contributed by atoms with Gasteiger partial charge in [0.2, 0.25) is 0 Å². The molecule has 27 heavy (non-hydrogen) atoms. The van der Waals surface area contributed by atoms with Crippen molar-refractivity contribution in [1.29, 1.82) is 0 Å². The minimum atomic E-state index is -0.801. The molecule has 0 bridgehead atoms. The maximum absolute atomic E-state index is 14.5. The number of hydrogen-bond acceptors (Lipinski definition) is 5. The average molecular weight is 412 g/mol. The first-order valence-electron chi connectivity index (χ1n) is 8.59. The van der Waals surface area contributed by atoms with E-state index in [0.717, 1.165) is 31.7 Å². The van der Waals surface area contributed by atoms with Gasteiger partial charge in [-0.3, -0.25) is 4.79 Å². The molecule has 0 radical (unpaired) electrons. The van der Waals surface area contributed by atoms with Gasteiger partial charge >= 0.3 is 0 Å². The summed E-state index contributed by atoms with van der Waals surface area (Å²) in [5.74, 6) is -1.33. The van der Waals surface area contributed by atoms with Gasteiger partial charge in [0.15, 0.2) is 11.6 Å². The predicted octanol–water partition coefficient (Wildman–Crippen LogP) is 4.05. The summed E-state index contributed by atoms with van der Waals surface area (Å²) in [6.45, 7) is 0. The highest BCUT2D eigenvalue weighted by Crippen LogP contribution is 2.29. The Morgan fingerprint density at radius 3 is 2.56 bits per heavy atom. The highest BCUT2D eigenvalue weighted by molar-refractivity contribution is 6.42. The molecule has 6 nitrogen and oxygen atoms in total. The Hall–Kier alpha value is -2.09. The van der Waals surface area contributed by atoms with E-state index in [9.17, 15) is 9.18 Å². The van der Waals surface area contributed by atoms with Gasteiger partial charge in [0.25, 0.3) is 5.91 Å². The van der Waals surface area contributed by atoms with Crippen molar-refractivity contribution in [2.24, 2.45) is 11.5 Å². The molecule has 0 saturated heterocycles. The fourth-order valence-corrected chi connectivity index (χ4v) is 3.40. The van der Waals surface area contributed by atoms with Gasteiger partial charge in [-0.25, -0.2) is 9.37 Å².